The summed E-state index contributed by atoms with van der Waals surface area (Å²) >= 11 is 1.57. The van der Waals surface area contributed by atoms with E-state index in [9.17, 15) is 0 Å². The Morgan fingerprint density at radius 2 is 2.05 bits per heavy atom. The van der Waals surface area contributed by atoms with E-state index in [1.54, 1.807) is 25.6 Å². The Morgan fingerprint density at radius 3 is 2.68 bits per heavy atom. The maximum atomic E-state index is 5.33. The van der Waals surface area contributed by atoms with Gasteiger partial charge in [0.25, 0.3) is 0 Å². The lowest BCUT2D eigenvalue weighted by Crippen LogP contribution is -2.02. The molecule has 102 valence electrons. The van der Waals surface area contributed by atoms with Gasteiger partial charge >= 0.3 is 0 Å². The molecule has 1 N–H and O–H groups in total. The van der Waals surface area contributed by atoms with Crippen LogP contribution in [0.3, 0.4) is 0 Å². The highest BCUT2D eigenvalue weighted by atomic mass is 32.1. The zero-order chi connectivity index (χ0) is 13.7. The molecule has 0 radical (unpaired) electrons. The molecule has 0 aliphatic heterocycles. The summed E-state index contributed by atoms with van der Waals surface area (Å²) in [7, 11) is 3.31. The summed E-state index contributed by atoms with van der Waals surface area (Å²) in [6.45, 7) is 2.69. The van der Waals surface area contributed by atoms with Crippen molar-refractivity contribution in [3.63, 3.8) is 0 Å². The molecule has 0 aliphatic rings. The Balaban J connectivity index is 2.09. The topological polar surface area (TPSA) is 56.3 Å². The number of hydrogen-bond acceptors (Lipinski definition) is 6. The van der Waals surface area contributed by atoms with Crippen LogP contribution in [0.25, 0.3) is 0 Å². The maximum Gasteiger partial charge on any atom is 0.205 e. The molecule has 0 unspecified atom stereocenters. The Hall–Kier alpha value is -1.82. The van der Waals surface area contributed by atoms with Crippen molar-refractivity contribution in [1.29, 1.82) is 0 Å². The van der Waals surface area contributed by atoms with Crippen LogP contribution < -0.4 is 14.8 Å². The average molecular weight is 279 g/mol. The molecule has 6 heteroatoms. The molecule has 0 saturated carbocycles. The minimum Gasteiger partial charge on any atom is -0.497 e. The first-order chi connectivity index (χ1) is 9.26. The van der Waals surface area contributed by atoms with Gasteiger partial charge in [-0.15, -0.1) is 10.2 Å². The number of aromatic nitrogens is 2. The molecule has 1 heterocycles. The number of nitrogens with zero attached hydrogens (tertiary/aromatic N) is 2. The summed E-state index contributed by atoms with van der Waals surface area (Å²) in [4.78, 5) is 0. The van der Waals surface area contributed by atoms with E-state index in [1.807, 2.05) is 18.2 Å². The smallest absolute Gasteiger partial charge is 0.205 e. The lowest BCUT2D eigenvalue weighted by Gasteiger charge is -2.10. The van der Waals surface area contributed by atoms with Gasteiger partial charge in [-0.2, -0.15) is 0 Å². The third-order valence-corrected chi connectivity index (χ3v) is 3.71. The molecule has 19 heavy (non-hydrogen) atoms. The first-order valence-corrected chi connectivity index (χ1v) is 6.85. The average Bonchev–Trinajstić information content (AvgIpc) is 2.92. The van der Waals surface area contributed by atoms with Gasteiger partial charge in [-0.25, -0.2) is 0 Å². The molecule has 1 aromatic carbocycles. The number of nitrogens with one attached hydrogen (secondary N) is 1. The normalized spacial score (nSPS) is 10.3. The van der Waals surface area contributed by atoms with Gasteiger partial charge in [0.1, 0.15) is 16.5 Å². The summed E-state index contributed by atoms with van der Waals surface area (Å²) in [6, 6.07) is 5.73. The third-order valence-electron chi connectivity index (χ3n) is 2.69. The van der Waals surface area contributed by atoms with Crippen molar-refractivity contribution < 1.29 is 9.47 Å². The van der Waals surface area contributed by atoms with Crippen molar-refractivity contribution in [2.45, 2.75) is 19.9 Å². The zero-order valence-corrected chi connectivity index (χ0v) is 12.1. The molecule has 0 spiro atoms. The number of aryl methyl sites for hydroxylation is 1. The van der Waals surface area contributed by atoms with Crippen LogP contribution in [0.4, 0.5) is 5.13 Å². The van der Waals surface area contributed by atoms with Crippen molar-refractivity contribution in [3.05, 3.63) is 28.8 Å². The van der Waals surface area contributed by atoms with Crippen LogP contribution in [0, 0.1) is 0 Å². The lowest BCUT2D eigenvalue weighted by molar-refractivity contribution is 0.399. The Labute approximate surface area is 116 Å². The van der Waals surface area contributed by atoms with Crippen molar-refractivity contribution in [2.75, 3.05) is 19.5 Å². The van der Waals surface area contributed by atoms with Gasteiger partial charge < -0.3 is 14.8 Å². The second kappa shape index (κ2) is 6.38. The first-order valence-electron chi connectivity index (χ1n) is 6.04. The molecule has 0 fully saturated rings. The predicted octanol–water partition coefficient (Wildman–Crippen LogP) is 2.73. The minimum absolute atomic E-state index is 0.624. The summed E-state index contributed by atoms with van der Waals surface area (Å²) < 4.78 is 10.6. The molecule has 2 rings (SSSR count). The maximum absolute atomic E-state index is 5.33. The first kappa shape index (κ1) is 13.6. The van der Waals surface area contributed by atoms with E-state index >= 15 is 0 Å². The summed E-state index contributed by atoms with van der Waals surface area (Å²) in [6.07, 6.45) is 0.905. The van der Waals surface area contributed by atoms with E-state index < -0.39 is 0 Å². The van der Waals surface area contributed by atoms with Crippen molar-refractivity contribution >= 4 is 16.5 Å². The molecule has 2 aromatic rings. The summed E-state index contributed by atoms with van der Waals surface area (Å²) in [5.74, 6) is 1.64. The molecular formula is C13H17N3O2S. The van der Waals surface area contributed by atoms with Crippen LogP contribution in [-0.4, -0.2) is 24.4 Å². The highest BCUT2D eigenvalue weighted by Crippen LogP contribution is 2.25. The second-order valence-corrected chi connectivity index (χ2v) is 4.95. The van der Waals surface area contributed by atoms with Gasteiger partial charge in [-0.05, 0) is 24.6 Å². The molecule has 5 nitrogen and oxygen atoms in total. The monoisotopic (exact) mass is 279 g/mol. The molecule has 0 aliphatic carbocycles. The van der Waals surface area contributed by atoms with Crippen LogP contribution >= 0.6 is 11.3 Å². The van der Waals surface area contributed by atoms with Crippen molar-refractivity contribution in [1.82, 2.24) is 10.2 Å². The van der Waals surface area contributed by atoms with Gasteiger partial charge in [-0.1, -0.05) is 18.3 Å². The number of hydrogen-bond donors (Lipinski definition) is 1. The predicted molar refractivity (Wildman–Crippen MR) is 76.2 cm³/mol. The highest BCUT2D eigenvalue weighted by Gasteiger charge is 2.07. The van der Waals surface area contributed by atoms with E-state index in [1.165, 1.54) is 0 Å². The number of methoxy groups -OCH3 is 2. The van der Waals surface area contributed by atoms with E-state index in [0.717, 1.165) is 33.6 Å². The molecule has 0 amide bonds. The van der Waals surface area contributed by atoms with Crippen molar-refractivity contribution in [2.24, 2.45) is 0 Å². The molecular weight excluding hydrogens is 262 g/mol. The standard InChI is InChI=1S/C13H17N3O2S/c1-4-12-15-16-13(19-12)14-8-9-7-10(17-2)5-6-11(9)18-3/h5-7H,4,8H2,1-3H3,(H,14,16). The molecule has 1 aromatic heterocycles. The fraction of sp³-hybridized carbons (Fsp3) is 0.385. The lowest BCUT2D eigenvalue weighted by atomic mass is 10.2. The van der Waals surface area contributed by atoms with E-state index in [2.05, 4.69) is 22.4 Å². The van der Waals surface area contributed by atoms with Crippen LogP contribution in [0.5, 0.6) is 11.5 Å². The van der Waals surface area contributed by atoms with Gasteiger partial charge in [0.2, 0.25) is 5.13 Å². The Bertz CT molecular complexity index is 542. The number of benzene rings is 1. The van der Waals surface area contributed by atoms with Crippen LogP contribution in [0.15, 0.2) is 18.2 Å². The second-order valence-electron chi connectivity index (χ2n) is 3.89. The van der Waals surface area contributed by atoms with E-state index in [4.69, 9.17) is 9.47 Å². The van der Waals surface area contributed by atoms with Crippen molar-refractivity contribution in [3.8, 4) is 11.5 Å². The van der Waals surface area contributed by atoms with E-state index in [-0.39, 0.29) is 0 Å². The Morgan fingerprint density at radius 1 is 1.21 bits per heavy atom. The molecule has 0 atom stereocenters. The number of ether oxygens (including phenoxy) is 2. The van der Waals surface area contributed by atoms with Crippen LogP contribution in [0.1, 0.15) is 17.5 Å². The fourth-order valence-electron chi connectivity index (χ4n) is 1.66. The van der Waals surface area contributed by atoms with Gasteiger partial charge in [0.15, 0.2) is 0 Å². The largest absolute Gasteiger partial charge is 0.497 e. The molecule has 0 saturated heterocycles. The number of anilines is 1. The van der Waals surface area contributed by atoms with Gasteiger partial charge in [0, 0.05) is 12.1 Å². The Kier molecular flexibility index (Phi) is 4.57. The van der Waals surface area contributed by atoms with Crippen LogP contribution in [0.2, 0.25) is 0 Å². The quantitative estimate of drug-likeness (QED) is 0.881. The zero-order valence-electron chi connectivity index (χ0n) is 11.3. The third kappa shape index (κ3) is 3.35. The molecule has 0 bridgehead atoms. The fourth-order valence-corrected chi connectivity index (χ4v) is 2.33. The number of rotatable bonds is 6. The summed E-state index contributed by atoms with van der Waals surface area (Å²) in [5.41, 5.74) is 1.02. The highest BCUT2D eigenvalue weighted by molar-refractivity contribution is 7.15. The van der Waals surface area contributed by atoms with Gasteiger partial charge in [-0.3, -0.25) is 0 Å². The SMILES string of the molecule is CCc1nnc(NCc2cc(OC)ccc2OC)s1. The van der Waals surface area contributed by atoms with Crippen LogP contribution in [-0.2, 0) is 13.0 Å². The van der Waals surface area contributed by atoms with E-state index in [0.29, 0.717) is 6.54 Å². The minimum atomic E-state index is 0.624. The summed E-state index contributed by atoms with van der Waals surface area (Å²) in [5, 5.41) is 13.3. The van der Waals surface area contributed by atoms with Gasteiger partial charge in [0.05, 0.1) is 14.2 Å².